The summed E-state index contributed by atoms with van der Waals surface area (Å²) in [5.74, 6) is 1.15. The average Bonchev–Trinajstić information content (AvgIpc) is 2.84. The zero-order valence-corrected chi connectivity index (χ0v) is 20.9. The van der Waals surface area contributed by atoms with E-state index < -0.39 is 11.9 Å². The molecule has 178 valence electrons. The molecule has 0 saturated heterocycles. The third-order valence-corrected chi connectivity index (χ3v) is 9.16. The molecule has 0 unspecified atom stereocenters. The lowest BCUT2D eigenvalue weighted by atomic mass is 10.0. The molecule has 0 heterocycles. The van der Waals surface area contributed by atoms with Crippen LogP contribution in [-0.4, -0.2) is 47.2 Å². The molecule has 4 nitrogen and oxygen atoms in total. The molecule has 2 saturated carbocycles. The number of esters is 2. The minimum absolute atomic E-state index is 0.300. The lowest BCUT2D eigenvalue weighted by Crippen LogP contribution is -2.16. The number of rotatable bonds is 12. The van der Waals surface area contributed by atoms with Crippen LogP contribution in [0.1, 0.15) is 97.8 Å². The molecule has 1 aromatic rings. The second-order valence-electron chi connectivity index (χ2n) is 8.79. The summed E-state index contributed by atoms with van der Waals surface area (Å²) in [6.07, 6.45) is 15.1. The largest absolute Gasteiger partial charge is 0.462 e. The third kappa shape index (κ3) is 9.01. The van der Waals surface area contributed by atoms with Crippen LogP contribution in [0.4, 0.5) is 0 Å². The van der Waals surface area contributed by atoms with Gasteiger partial charge in [0, 0.05) is 10.5 Å². The van der Waals surface area contributed by atoms with Gasteiger partial charge in [-0.2, -0.15) is 23.5 Å². The summed E-state index contributed by atoms with van der Waals surface area (Å²) < 4.78 is 10.9. The average molecular weight is 479 g/mol. The molecule has 0 atom stereocenters. The Balaban J connectivity index is 1.33. The highest BCUT2D eigenvalue weighted by Gasteiger charge is 2.19. The summed E-state index contributed by atoms with van der Waals surface area (Å²) in [4.78, 5) is 25.1. The van der Waals surface area contributed by atoms with E-state index in [1.807, 2.05) is 23.5 Å². The number of hydrogen-bond acceptors (Lipinski definition) is 6. The van der Waals surface area contributed by atoms with Gasteiger partial charge in [-0.1, -0.05) is 50.7 Å². The normalized spacial score (nSPS) is 17.8. The summed E-state index contributed by atoms with van der Waals surface area (Å²) in [6.45, 7) is 0.778. The van der Waals surface area contributed by atoms with E-state index in [2.05, 4.69) is 0 Å². The molecule has 1 aromatic carbocycles. The van der Waals surface area contributed by atoms with Crippen molar-refractivity contribution in [3.05, 3.63) is 35.4 Å². The molecule has 0 spiro atoms. The molecule has 2 fully saturated rings. The van der Waals surface area contributed by atoms with E-state index in [9.17, 15) is 9.59 Å². The van der Waals surface area contributed by atoms with Crippen LogP contribution < -0.4 is 0 Å². The summed E-state index contributed by atoms with van der Waals surface area (Å²) >= 11 is 4.02. The molecule has 2 aliphatic carbocycles. The first-order valence-electron chi connectivity index (χ1n) is 12.4. The number of benzene rings is 1. The van der Waals surface area contributed by atoms with Gasteiger partial charge in [-0.3, -0.25) is 0 Å². The molecule has 0 aromatic heterocycles. The highest BCUT2D eigenvalue weighted by Crippen LogP contribution is 2.29. The van der Waals surface area contributed by atoms with Gasteiger partial charge in [-0.25, -0.2) is 9.59 Å². The van der Waals surface area contributed by atoms with Crippen LogP contribution in [0.3, 0.4) is 0 Å². The lowest BCUT2D eigenvalue weighted by molar-refractivity contribution is 0.0459. The Morgan fingerprint density at radius 1 is 0.688 bits per heavy atom. The summed E-state index contributed by atoms with van der Waals surface area (Å²) in [5, 5.41) is 1.55. The van der Waals surface area contributed by atoms with Gasteiger partial charge in [0.2, 0.25) is 0 Å². The van der Waals surface area contributed by atoms with Gasteiger partial charge < -0.3 is 9.47 Å². The summed E-state index contributed by atoms with van der Waals surface area (Å²) in [7, 11) is 0. The van der Waals surface area contributed by atoms with Crippen molar-refractivity contribution < 1.29 is 19.1 Å². The first-order valence-corrected chi connectivity index (χ1v) is 14.5. The highest BCUT2D eigenvalue weighted by atomic mass is 32.2. The quantitative estimate of drug-likeness (QED) is 0.240. The van der Waals surface area contributed by atoms with Crippen LogP contribution in [0, 0.1) is 0 Å². The molecule has 0 radical (unpaired) electrons. The van der Waals surface area contributed by atoms with Crippen LogP contribution in [0.15, 0.2) is 24.3 Å². The molecule has 0 amide bonds. The predicted molar refractivity (Wildman–Crippen MR) is 135 cm³/mol. The van der Waals surface area contributed by atoms with Crippen molar-refractivity contribution in [2.45, 2.75) is 87.5 Å². The van der Waals surface area contributed by atoms with Gasteiger partial charge >= 0.3 is 11.9 Å². The van der Waals surface area contributed by atoms with Crippen molar-refractivity contribution in [2.24, 2.45) is 0 Å². The Morgan fingerprint density at radius 2 is 1.09 bits per heavy atom. The number of ether oxygens (including phenoxy) is 2. The Bertz CT molecular complexity index is 638. The van der Waals surface area contributed by atoms with Gasteiger partial charge in [0.15, 0.2) is 0 Å². The molecule has 0 aliphatic heterocycles. The minimum Gasteiger partial charge on any atom is -0.462 e. The molecule has 32 heavy (non-hydrogen) atoms. The Hall–Kier alpha value is -1.14. The van der Waals surface area contributed by atoms with Crippen LogP contribution in [-0.2, 0) is 9.47 Å². The molecule has 2 aliphatic rings. The molecular formula is C26H38O4S2. The van der Waals surface area contributed by atoms with Crippen molar-refractivity contribution in [1.29, 1.82) is 0 Å². The number of carbonyl (C=O) groups is 2. The monoisotopic (exact) mass is 478 g/mol. The maximum absolute atomic E-state index is 12.5. The van der Waals surface area contributed by atoms with E-state index >= 15 is 0 Å². The Morgan fingerprint density at radius 3 is 1.50 bits per heavy atom. The second kappa shape index (κ2) is 14.9. The topological polar surface area (TPSA) is 52.6 Å². The minimum atomic E-state index is -0.437. The summed E-state index contributed by atoms with van der Waals surface area (Å²) in [5.41, 5.74) is 0.600. The van der Waals surface area contributed by atoms with Crippen molar-refractivity contribution in [1.82, 2.24) is 0 Å². The fourth-order valence-corrected chi connectivity index (χ4v) is 6.97. The fraction of sp³-hybridized carbons (Fsp3) is 0.692. The predicted octanol–water partition coefficient (Wildman–Crippen LogP) is 6.91. The van der Waals surface area contributed by atoms with Crippen LogP contribution >= 0.6 is 23.5 Å². The smallest absolute Gasteiger partial charge is 0.339 e. The van der Waals surface area contributed by atoms with Crippen molar-refractivity contribution in [3.63, 3.8) is 0 Å². The molecular weight excluding hydrogens is 440 g/mol. The highest BCUT2D eigenvalue weighted by molar-refractivity contribution is 8.00. The van der Waals surface area contributed by atoms with Gasteiger partial charge in [0.05, 0.1) is 24.3 Å². The number of hydrogen-bond donors (Lipinski definition) is 0. The Kier molecular flexibility index (Phi) is 11.9. The number of carbonyl (C=O) groups excluding carboxylic acids is 2. The van der Waals surface area contributed by atoms with Crippen molar-refractivity contribution in [3.8, 4) is 0 Å². The molecule has 3 rings (SSSR count). The molecule has 0 N–H and O–H groups in total. The van der Waals surface area contributed by atoms with Crippen molar-refractivity contribution >= 4 is 35.5 Å². The van der Waals surface area contributed by atoms with Gasteiger partial charge in [0.25, 0.3) is 0 Å². The van der Waals surface area contributed by atoms with Gasteiger partial charge in [0.1, 0.15) is 0 Å². The Labute approximate surface area is 202 Å². The van der Waals surface area contributed by atoms with Crippen LogP contribution in [0.5, 0.6) is 0 Å². The van der Waals surface area contributed by atoms with Crippen LogP contribution in [0.25, 0.3) is 0 Å². The van der Waals surface area contributed by atoms with Crippen molar-refractivity contribution in [2.75, 3.05) is 24.7 Å². The first kappa shape index (κ1) is 25.5. The molecule has 6 heteroatoms. The van der Waals surface area contributed by atoms with Gasteiger partial charge in [-0.15, -0.1) is 0 Å². The van der Waals surface area contributed by atoms with Crippen LogP contribution in [0.2, 0.25) is 0 Å². The molecule has 0 bridgehead atoms. The first-order chi connectivity index (χ1) is 15.7. The fourth-order valence-electron chi connectivity index (χ4n) is 4.41. The van der Waals surface area contributed by atoms with E-state index in [-0.39, 0.29) is 0 Å². The maximum Gasteiger partial charge on any atom is 0.339 e. The zero-order chi connectivity index (χ0) is 22.4. The third-order valence-electron chi connectivity index (χ3n) is 6.22. The zero-order valence-electron chi connectivity index (χ0n) is 19.2. The van der Waals surface area contributed by atoms with E-state index in [0.29, 0.717) is 24.3 Å². The van der Waals surface area contributed by atoms with E-state index in [1.54, 1.807) is 24.3 Å². The summed E-state index contributed by atoms with van der Waals surface area (Å²) in [6, 6.07) is 6.81. The standard InChI is InChI=1S/C26H38O4S2/c27-25(29-17-9-19-31-21-11-3-1-4-12-21)23-15-7-8-16-24(23)26(28)30-18-10-20-32-22-13-5-2-6-14-22/h7-8,15-16,21-22H,1-6,9-14,17-20H2. The second-order valence-corrected chi connectivity index (χ2v) is 11.6. The SMILES string of the molecule is O=C(OCCCSC1CCCCC1)c1ccccc1C(=O)OCCCSC1CCCCC1. The number of thioether (sulfide) groups is 2. The van der Waals surface area contributed by atoms with E-state index in [0.717, 1.165) is 34.8 Å². The van der Waals surface area contributed by atoms with Gasteiger partial charge in [-0.05, 0) is 62.2 Å². The lowest BCUT2D eigenvalue weighted by Gasteiger charge is -2.20. The maximum atomic E-state index is 12.5. The van der Waals surface area contributed by atoms with E-state index in [1.165, 1.54) is 64.2 Å². The van der Waals surface area contributed by atoms with E-state index in [4.69, 9.17) is 9.47 Å².